The number of rotatable bonds is 4. The number of benzene rings is 1. The van der Waals surface area contributed by atoms with Gasteiger partial charge >= 0.3 is 0 Å². The molecule has 0 aliphatic carbocycles. The summed E-state index contributed by atoms with van der Waals surface area (Å²) < 4.78 is 0. The summed E-state index contributed by atoms with van der Waals surface area (Å²) in [5, 5.41) is 2.09. The van der Waals surface area contributed by atoms with Crippen LogP contribution in [0.5, 0.6) is 0 Å². The average molecular weight is 320 g/mol. The fourth-order valence-electron chi connectivity index (χ4n) is 1.79. The number of halogens is 2. The first kappa shape index (κ1) is 12.3. The molecule has 0 unspecified atom stereocenters. The van der Waals surface area contributed by atoms with Gasteiger partial charge in [-0.05, 0) is 48.9 Å². The van der Waals surface area contributed by atoms with E-state index in [2.05, 4.69) is 57.8 Å². The van der Waals surface area contributed by atoms with Gasteiger partial charge in [-0.2, -0.15) is 0 Å². The van der Waals surface area contributed by atoms with Crippen LogP contribution in [-0.4, -0.2) is 10.7 Å². The van der Waals surface area contributed by atoms with E-state index in [1.165, 1.54) is 22.3 Å². The molecule has 1 aromatic rings. The molecular weight excluding hydrogens is 304 g/mol. The van der Waals surface area contributed by atoms with Crippen LogP contribution in [0.25, 0.3) is 0 Å². The van der Waals surface area contributed by atoms with Crippen LogP contribution in [0.2, 0.25) is 0 Å². The summed E-state index contributed by atoms with van der Waals surface area (Å²) in [6, 6.07) is 4.49. The Balaban J connectivity index is 3.05. The van der Waals surface area contributed by atoms with Gasteiger partial charge < -0.3 is 0 Å². The van der Waals surface area contributed by atoms with Crippen LogP contribution >= 0.6 is 31.9 Å². The van der Waals surface area contributed by atoms with Crippen LogP contribution in [0, 0.1) is 13.8 Å². The monoisotopic (exact) mass is 318 g/mol. The molecule has 2 heteroatoms. The van der Waals surface area contributed by atoms with Crippen molar-refractivity contribution in [2.24, 2.45) is 0 Å². The molecule has 0 bridgehead atoms. The van der Waals surface area contributed by atoms with Crippen LogP contribution < -0.4 is 0 Å². The van der Waals surface area contributed by atoms with Crippen LogP contribution in [0.4, 0.5) is 0 Å². The van der Waals surface area contributed by atoms with Gasteiger partial charge in [0, 0.05) is 10.7 Å². The normalized spacial score (nSPS) is 10.6. The second kappa shape index (κ2) is 5.92. The van der Waals surface area contributed by atoms with Crippen molar-refractivity contribution in [1.29, 1.82) is 0 Å². The first-order valence-corrected chi connectivity index (χ1v) is 7.15. The molecule has 78 valence electrons. The molecule has 0 aliphatic rings. The van der Waals surface area contributed by atoms with Gasteiger partial charge in [0.05, 0.1) is 0 Å². The highest BCUT2D eigenvalue weighted by molar-refractivity contribution is 9.09. The number of alkyl halides is 2. The predicted octanol–water partition coefficient (Wildman–Crippen LogP) is 4.18. The highest BCUT2D eigenvalue weighted by Crippen LogP contribution is 2.20. The van der Waals surface area contributed by atoms with Crippen LogP contribution in [0.15, 0.2) is 12.1 Å². The standard InChI is InChI=1S/C12H16Br2/c1-9-3-4-11(5-7-13)10(2)12(9)6-8-14/h3-4H,5-8H2,1-2H3. The fraction of sp³-hybridized carbons (Fsp3) is 0.500. The van der Waals surface area contributed by atoms with Crippen molar-refractivity contribution in [2.45, 2.75) is 26.7 Å². The van der Waals surface area contributed by atoms with Gasteiger partial charge in [0.15, 0.2) is 0 Å². The minimum absolute atomic E-state index is 1.05. The largest absolute Gasteiger partial charge is 0.0924 e. The maximum absolute atomic E-state index is 3.51. The van der Waals surface area contributed by atoms with Crippen molar-refractivity contribution in [3.63, 3.8) is 0 Å². The topological polar surface area (TPSA) is 0 Å². The zero-order chi connectivity index (χ0) is 10.6. The summed E-state index contributed by atoms with van der Waals surface area (Å²) in [5.74, 6) is 0. The number of hydrogen-bond acceptors (Lipinski definition) is 0. The molecule has 0 saturated carbocycles. The Labute approximate surface area is 103 Å². The molecular formula is C12H16Br2. The highest BCUT2D eigenvalue weighted by atomic mass is 79.9. The quantitative estimate of drug-likeness (QED) is 0.730. The molecule has 0 radical (unpaired) electrons. The van der Waals surface area contributed by atoms with Gasteiger partial charge in [-0.3, -0.25) is 0 Å². The minimum atomic E-state index is 1.05. The molecule has 1 aromatic carbocycles. The van der Waals surface area contributed by atoms with E-state index in [0.29, 0.717) is 0 Å². The van der Waals surface area contributed by atoms with Crippen molar-refractivity contribution in [3.05, 3.63) is 34.4 Å². The molecule has 0 spiro atoms. The molecule has 0 saturated heterocycles. The Bertz CT molecular complexity index is 305. The van der Waals surface area contributed by atoms with Crippen LogP contribution in [0.3, 0.4) is 0 Å². The third-order valence-corrected chi connectivity index (χ3v) is 3.45. The van der Waals surface area contributed by atoms with Crippen molar-refractivity contribution < 1.29 is 0 Å². The van der Waals surface area contributed by atoms with E-state index in [9.17, 15) is 0 Å². The Kier molecular flexibility index (Phi) is 5.18. The lowest BCUT2D eigenvalue weighted by Gasteiger charge is -2.12. The second-order valence-corrected chi connectivity index (χ2v) is 5.11. The van der Waals surface area contributed by atoms with E-state index < -0.39 is 0 Å². The molecule has 14 heavy (non-hydrogen) atoms. The van der Waals surface area contributed by atoms with Gasteiger partial charge in [-0.25, -0.2) is 0 Å². The highest BCUT2D eigenvalue weighted by Gasteiger charge is 2.06. The zero-order valence-corrected chi connectivity index (χ0v) is 11.9. The summed E-state index contributed by atoms with van der Waals surface area (Å²) in [6.45, 7) is 4.44. The van der Waals surface area contributed by atoms with Crippen LogP contribution in [0.1, 0.15) is 22.3 Å². The van der Waals surface area contributed by atoms with Crippen molar-refractivity contribution >= 4 is 31.9 Å². The lowest BCUT2D eigenvalue weighted by atomic mass is 9.95. The van der Waals surface area contributed by atoms with Crippen molar-refractivity contribution in [2.75, 3.05) is 10.7 Å². The molecule has 0 N–H and O–H groups in total. The zero-order valence-electron chi connectivity index (χ0n) is 8.74. The molecule has 1 rings (SSSR count). The Morgan fingerprint density at radius 1 is 1.00 bits per heavy atom. The lowest BCUT2D eigenvalue weighted by Crippen LogP contribution is -2.00. The SMILES string of the molecule is Cc1ccc(CCBr)c(C)c1CCBr. The molecule has 0 atom stereocenters. The van der Waals surface area contributed by atoms with Crippen LogP contribution in [-0.2, 0) is 12.8 Å². The summed E-state index contributed by atoms with van der Waals surface area (Å²) in [7, 11) is 0. The van der Waals surface area contributed by atoms with Gasteiger partial charge in [0.1, 0.15) is 0 Å². The Morgan fingerprint density at radius 3 is 2.21 bits per heavy atom. The van der Waals surface area contributed by atoms with Gasteiger partial charge in [0.2, 0.25) is 0 Å². The Hall–Kier alpha value is 0.180. The molecule has 0 nitrogen and oxygen atoms in total. The van der Waals surface area contributed by atoms with Gasteiger partial charge in [0.25, 0.3) is 0 Å². The fourth-order valence-corrected chi connectivity index (χ4v) is 2.62. The first-order chi connectivity index (χ1) is 6.70. The van der Waals surface area contributed by atoms with E-state index >= 15 is 0 Å². The Morgan fingerprint density at radius 2 is 1.64 bits per heavy atom. The molecule has 0 aliphatic heterocycles. The van der Waals surface area contributed by atoms with Gasteiger partial charge in [-0.15, -0.1) is 0 Å². The average Bonchev–Trinajstić information content (AvgIpc) is 2.17. The van der Waals surface area contributed by atoms with Crippen molar-refractivity contribution in [1.82, 2.24) is 0 Å². The number of aryl methyl sites for hydroxylation is 2. The van der Waals surface area contributed by atoms with E-state index in [-0.39, 0.29) is 0 Å². The summed E-state index contributed by atoms with van der Waals surface area (Å²) >= 11 is 7.00. The maximum Gasteiger partial charge on any atom is 0.00720 e. The lowest BCUT2D eigenvalue weighted by molar-refractivity contribution is 1.05. The summed E-state index contributed by atoms with van der Waals surface area (Å²) in [6.07, 6.45) is 2.26. The predicted molar refractivity (Wildman–Crippen MR) is 70.9 cm³/mol. The van der Waals surface area contributed by atoms with Gasteiger partial charge in [-0.1, -0.05) is 44.0 Å². The summed E-state index contributed by atoms with van der Waals surface area (Å²) in [5.41, 5.74) is 5.88. The van der Waals surface area contributed by atoms with E-state index in [1.807, 2.05) is 0 Å². The molecule has 0 aromatic heterocycles. The van der Waals surface area contributed by atoms with Crippen molar-refractivity contribution in [3.8, 4) is 0 Å². The van der Waals surface area contributed by atoms with E-state index in [1.54, 1.807) is 0 Å². The maximum atomic E-state index is 3.51. The molecule has 0 amide bonds. The minimum Gasteiger partial charge on any atom is -0.0924 e. The van der Waals surface area contributed by atoms with E-state index in [4.69, 9.17) is 0 Å². The molecule has 0 heterocycles. The third-order valence-electron chi connectivity index (χ3n) is 2.65. The second-order valence-electron chi connectivity index (χ2n) is 3.52. The first-order valence-electron chi connectivity index (χ1n) is 4.90. The third kappa shape index (κ3) is 2.83. The van der Waals surface area contributed by atoms with E-state index in [0.717, 1.165) is 23.5 Å². The number of hydrogen-bond donors (Lipinski definition) is 0. The smallest absolute Gasteiger partial charge is 0.00720 e. The summed E-state index contributed by atoms with van der Waals surface area (Å²) in [4.78, 5) is 0. The molecule has 0 fully saturated rings.